The number of rotatable bonds is 8. The van der Waals surface area contributed by atoms with Crippen LogP contribution in [0.2, 0.25) is 5.02 Å². The molecular weight excluding hydrogens is 296 g/mol. The number of anilines is 1. The van der Waals surface area contributed by atoms with Gasteiger partial charge in [0, 0.05) is 26.6 Å². The monoisotopic (exact) mass is 314 g/mol. The molecule has 0 spiro atoms. The van der Waals surface area contributed by atoms with Gasteiger partial charge in [0.2, 0.25) is 5.91 Å². The highest BCUT2D eigenvalue weighted by atomic mass is 35.5. The summed E-state index contributed by atoms with van der Waals surface area (Å²) in [5.74, 6) is -0.521. The summed E-state index contributed by atoms with van der Waals surface area (Å²) in [5, 5.41) is 6.21. The maximum absolute atomic E-state index is 11.5. The fraction of sp³-hybridized carbons (Fsp3) is 0.429. The highest BCUT2D eigenvalue weighted by Gasteiger charge is 2.09. The van der Waals surface area contributed by atoms with Crippen molar-refractivity contribution in [3.8, 4) is 0 Å². The van der Waals surface area contributed by atoms with E-state index in [1.54, 1.807) is 25.3 Å². The van der Waals surface area contributed by atoms with Crippen LogP contribution in [-0.2, 0) is 14.3 Å². The van der Waals surface area contributed by atoms with Gasteiger partial charge in [-0.1, -0.05) is 11.6 Å². The molecule has 0 aliphatic carbocycles. The summed E-state index contributed by atoms with van der Waals surface area (Å²) < 4.78 is 9.48. The maximum Gasteiger partial charge on any atom is 0.337 e. The number of carbonyl (C=O) groups excluding carboxylic acids is 2. The second-order valence-corrected chi connectivity index (χ2v) is 4.61. The first-order valence-electron chi connectivity index (χ1n) is 6.46. The van der Waals surface area contributed by atoms with Gasteiger partial charge < -0.3 is 20.1 Å². The number of hydrogen-bond donors (Lipinski definition) is 2. The minimum absolute atomic E-state index is 0.0835. The molecule has 0 unspecified atom stereocenters. The van der Waals surface area contributed by atoms with Crippen molar-refractivity contribution in [2.45, 2.75) is 6.42 Å². The molecule has 21 heavy (non-hydrogen) atoms. The molecular formula is C14H19ClN2O4. The first-order valence-corrected chi connectivity index (χ1v) is 6.83. The number of halogens is 1. The lowest BCUT2D eigenvalue weighted by molar-refractivity contribution is -0.121. The van der Waals surface area contributed by atoms with Gasteiger partial charge in [0.1, 0.15) is 0 Å². The van der Waals surface area contributed by atoms with Crippen molar-refractivity contribution >= 4 is 29.2 Å². The predicted octanol–water partition coefficient (Wildman–Crippen LogP) is 1.69. The van der Waals surface area contributed by atoms with E-state index in [1.165, 1.54) is 7.11 Å². The lowest BCUT2D eigenvalue weighted by Gasteiger charge is -2.10. The van der Waals surface area contributed by atoms with E-state index in [9.17, 15) is 9.59 Å². The van der Waals surface area contributed by atoms with Gasteiger partial charge in [0.25, 0.3) is 0 Å². The zero-order chi connectivity index (χ0) is 15.7. The van der Waals surface area contributed by atoms with Crippen LogP contribution in [0.5, 0.6) is 0 Å². The molecule has 6 nitrogen and oxygen atoms in total. The average Bonchev–Trinajstić information content (AvgIpc) is 2.48. The number of esters is 1. The minimum Gasteiger partial charge on any atom is -0.465 e. The largest absolute Gasteiger partial charge is 0.465 e. The van der Waals surface area contributed by atoms with Crippen molar-refractivity contribution < 1.29 is 19.1 Å². The number of carbonyl (C=O) groups is 2. The van der Waals surface area contributed by atoms with Crippen molar-refractivity contribution in [3.05, 3.63) is 28.8 Å². The highest BCUT2D eigenvalue weighted by Crippen LogP contribution is 2.23. The molecule has 0 aliphatic rings. The first-order chi connectivity index (χ1) is 10.1. The Morgan fingerprint density at radius 2 is 2.00 bits per heavy atom. The van der Waals surface area contributed by atoms with Crippen LogP contribution in [0.3, 0.4) is 0 Å². The molecule has 0 aliphatic heterocycles. The topological polar surface area (TPSA) is 76.7 Å². The molecule has 1 rings (SSSR count). The SMILES string of the molecule is COCCNC(=O)CCNc1cc(C(=O)OC)ccc1Cl. The van der Waals surface area contributed by atoms with Crippen molar-refractivity contribution in [3.63, 3.8) is 0 Å². The van der Waals surface area contributed by atoms with Crippen molar-refractivity contribution in [1.82, 2.24) is 5.32 Å². The summed E-state index contributed by atoms with van der Waals surface area (Å²) in [6, 6.07) is 4.78. The van der Waals surface area contributed by atoms with Crippen LogP contribution in [0.15, 0.2) is 18.2 Å². The highest BCUT2D eigenvalue weighted by molar-refractivity contribution is 6.33. The number of benzene rings is 1. The Bertz CT molecular complexity index is 494. The van der Waals surface area contributed by atoms with Crippen LogP contribution in [0.4, 0.5) is 5.69 Å². The van der Waals surface area contributed by atoms with E-state index in [-0.39, 0.29) is 5.91 Å². The molecule has 0 radical (unpaired) electrons. The second-order valence-electron chi connectivity index (χ2n) is 4.21. The predicted molar refractivity (Wildman–Crippen MR) is 80.8 cm³/mol. The molecule has 0 saturated heterocycles. The Kier molecular flexibility index (Phi) is 7.56. The minimum atomic E-state index is -0.438. The molecule has 1 aromatic rings. The van der Waals surface area contributed by atoms with E-state index >= 15 is 0 Å². The van der Waals surface area contributed by atoms with Crippen LogP contribution < -0.4 is 10.6 Å². The Balaban J connectivity index is 2.47. The molecule has 0 heterocycles. The fourth-order valence-corrected chi connectivity index (χ4v) is 1.78. The Morgan fingerprint density at radius 3 is 2.67 bits per heavy atom. The van der Waals surface area contributed by atoms with E-state index in [0.717, 1.165) is 0 Å². The van der Waals surface area contributed by atoms with Gasteiger partial charge >= 0.3 is 5.97 Å². The normalized spacial score (nSPS) is 10.0. The van der Waals surface area contributed by atoms with Gasteiger partial charge in [-0.2, -0.15) is 0 Å². The van der Waals surface area contributed by atoms with Crippen molar-refractivity contribution in [1.29, 1.82) is 0 Å². The summed E-state index contributed by atoms with van der Waals surface area (Å²) in [4.78, 5) is 22.9. The second kappa shape index (κ2) is 9.20. The van der Waals surface area contributed by atoms with Crippen LogP contribution in [-0.4, -0.2) is 45.8 Å². The summed E-state index contributed by atoms with van der Waals surface area (Å²) in [5.41, 5.74) is 0.984. The van der Waals surface area contributed by atoms with Gasteiger partial charge in [0.05, 0.1) is 30.0 Å². The van der Waals surface area contributed by atoms with E-state index in [2.05, 4.69) is 15.4 Å². The van der Waals surface area contributed by atoms with E-state index in [4.69, 9.17) is 16.3 Å². The van der Waals surface area contributed by atoms with Crippen molar-refractivity contribution in [2.75, 3.05) is 39.2 Å². The van der Waals surface area contributed by atoms with Crippen LogP contribution in [0.1, 0.15) is 16.8 Å². The number of amides is 1. The lowest BCUT2D eigenvalue weighted by atomic mass is 10.2. The average molecular weight is 315 g/mol. The Labute approximate surface area is 128 Å². The van der Waals surface area contributed by atoms with Gasteiger partial charge in [-0.15, -0.1) is 0 Å². The molecule has 116 valence electrons. The molecule has 0 bridgehead atoms. The van der Waals surface area contributed by atoms with E-state index < -0.39 is 5.97 Å². The number of nitrogens with one attached hydrogen (secondary N) is 2. The van der Waals surface area contributed by atoms with Gasteiger partial charge in [-0.3, -0.25) is 4.79 Å². The summed E-state index contributed by atoms with van der Waals surface area (Å²) in [7, 11) is 2.89. The zero-order valence-corrected chi connectivity index (χ0v) is 12.8. The molecule has 1 amide bonds. The van der Waals surface area contributed by atoms with Gasteiger partial charge in [-0.25, -0.2) is 4.79 Å². The Morgan fingerprint density at radius 1 is 1.24 bits per heavy atom. The quantitative estimate of drug-likeness (QED) is 0.564. The lowest BCUT2D eigenvalue weighted by Crippen LogP contribution is -2.28. The van der Waals surface area contributed by atoms with Crippen LogP contribution in [0, 0.1) is 0 Å². The number of methoxy groups -OCH3 is 2. The molecule has 0 aromatic heterocycles. The third-order valence-electron chi connectivity index (χ3n) is 2.68. The maximum atomic E-state index is 11.5. The van der Waals surface area contributed by atoms with E-state index in [1.807, 2.05) is 0 Å². The summed E-state index contributed by atoms with van der Waals surface area (Å²) in [6.07, 6.45) is 0.294. The van der Waals surface area contributed by atoms with E-state index in [0.29, 0.717) is 42.4 Å². The number of hydrogen-bond acceptors (Lipinski definition) is 5. The smallest absolute Gasteiger partial charge is 0.337 e. The van der Waals surface area contributed by atoms with Crippen LogP contribution in [0.25, 0.3) is 0 Å². The molecule has 7 heteroatoms. The third kappa shape index (κ3) is 6.01. The fourth-order valence-electron chi connectivity index (χ4n) is 1.60. The summed E-state index contributed by atoms with van der Waals surface area (Å²) in [6.45, 7) is 1.36. The van der Waals surface area contributed by atoms with Gasteiger partial charge in [-0.05, 0) is 18.2 Å². The van der Waals surface area contributed by atoms with Crippen molar-refractivity contribution in [2.24, 2.45) is 0 Å². The standard InChI is InChI=1S/C14H19ClN2O4/c1-20-8-7-17-13(18)5-6-16-12-9-10(14(19)21-2)3-4-11(12)15/h3-4,9,16H,5-8H2,1-2H3,(H,17,18). The molecule has 0 saturated carbocycles. The van der Waals surface area contributed by atoms with Crippen LogP contribution >= 0.6 is 11.6 Å². The molecule has 0 atom stereocenters. The summed E-state index contributed by atoms with van der Waals surface area (Å²) >= 11 is 6.03. The van der Waals surface area contributed by atoms with Gasteiger partial charge in [0.15, 0.2) is 0 Å². The Hall–Kier alpha value is -1.79. The first kappa shape index (κ1) is 17.3. The molecule has 2 N–H and O–H groups in total. The number of ether oxygens (including phenoxy) is 2. The molecule has 0 fully saturated rings. The zero-order valence-electron chi connectivity index (χ0n) is 12.1. The third-order valence-corrected chi connectivity index (χ3v) is 3.01. The molecule has 1 aromatic carbocycles.